The molecular weight excluding hydrogens is 312 g/mol. The molecule has 2 saturated heterocycles. The van der Waals surface area contributed by atoms with Crippen LogP contribution in [0.3, 0.4) is 0 Å². The topological polar surface area (TPSA) is 95.8 Å². The normalized spacial score (nSPS) is 20.5. The fraction of sp³-hybridized carbons (Fsp3) is 0.500. The van der Waals surface area contributed by atoms with E-state index in [4.69, 9.17) is 14.7 Å². The largest absolute Gasteiger partial charge is 0.472 e. The van der Waals surface area contributed by atoms with Crippen LogP contribution in [-0.2, 0) is 9.53 Å². The zero-order valence-electron chi connectivity index (χ0n) is 13.2. The third-order valence-electron chi connectivity index (χ3n) is 4.05. The lowest BCUT2D eigenvalue weighted by atomic mass is 10.1. The van der Waals surface area contributed by atoms with Gasteiger partial charge in [-0.05, 0) is 18.9 Å². The Bertz CT molecular complexity index is 672. The number of nitrogens with zero attached hydrogens (tertiary/aromatic N) is 4. The summed E-state index contributed by atoms with van der Waals surface area (Å²) in [5.74, 6) is 0.275. The SMILES string of the molecule is N#Cc1ccnc(O[C@H]2CCCN(C(=O)CN3CCOC3=O)C2)c1. The molecular formula is C16H18N4O4. The van der Waals surface area contributed by atoms with Gasteiger partial charge in [-0.25, -0.2) is 9.78 Å². The van der Waals surface area contributed by atoms with Crippen LogP contribution in [-0.4, -0.2) is 65.7 Å². The molecule has 0 saturated carbocycles. The summed E-state index contributed by atoms with van der Waals surface area (Å²) in [7, 11) is 0. The van der Waals surface area contributed by atoms with Crippen molar-refractivity contribution < 1.29 is 19.1 Å². The fourth-order valence-corrected chi connectivity index (χ4v) is 2.81. The molecule has 0 bridgehead atoms. The van der Waals surface area contributed by atoms with Crippen molar-refractivity contribution in [3.8, 4) is 11.9 Å². The van der Waals surface area contributed by atoms with E-state index in [1.54, 1.807) is 17.0 Å². The molecule has 1 aromatic heterocycles. The first-order valence-electron chi connectivity index (χ1n) is 7.88. The van der Waals surface area contributed by atoms with Crippen LogP contribution in [0.2, 0.25) is 0 Å². The van der Waals surface area contributed by atoms with E-state index < -0.39 is 6.09 Å². The van der Waals surface area contributed by atoms with Gasteiger partial charge in [-0.2, -0.15) is 5.26 Å². The average molecular weight is 330 g/mol. The number of hydrogen-bond acceptors (Lipinski definition) is 6. The maximum atomic E-state index is 12.4. The standard InChI is InChI=1S/C16H18N4O4/c17-9-12-3-4-18-14(8-12)24-13-2-1-5-19(10-13)15(21)11-20-6-7-23-16(20)22/h3-4,8,13H,1-2,5-7,10-11H2/t13-/m0/s1. The highest BCUT2D eigenvalue weighted by Crippen LogP contribution is 2.18. The summed E-state index contributed by atoms with van der Waals surface area (Å²) in [6.45, 7) is 1.91. The van der Waals surface area contributed by atoms with E-state index in [1.807, 2.05) is 6.07 Å². The van der Waals surface area contributed by atoms with Gasteiger partial charge in [-0.3, -0.25) is 9.69 Å². The summed E-state index contributed by atoms with van der Waals surface area (Å²) in [5, 5.41) is 8.91. The highest BCUT2D eigenvalue weighted by molar-refractivity contribution is 5.83. The van der Waals surface area contributed by atoms with Gasteiger partial charge in [0.05, 0.1) is 24.7 Å². The van der Waals surface area contributed by atoms with Crippen molar-refractivity contribution in [1.29, 1.82) is 5.26 Å². The Morgan fingerprint density at radius 2 is 2.38 bits per heavy atom. The van der Waals surface area contributed by atoms with Crippen LogP contribution in [0.25, 0.3) is 0 Å². The molecule has 0 aromatic carbocycles. The molecule has 2 fully saturated rings. The molecule has 1 atom stereocenters. The number of hydrogen-bond donors (Lipinski definition) is 0. The maximum absolute atomic E-state index is 12.4. The van der Waals surface area contributed by atoms with Crippen LogP contribution >= 0.6 is 0 Å². The molecule has 3 heterocycles. The van der Waals surface area contributed by atoms with Gasteiger partial charge in [-0.15, -0.1) is 0 Å². The number of nitriles is 1. The zero-order chi connectivity index (χ0) is 16.9. The molecule has 0 radical (unpaired) electrons. The highest BCUT2D eigenvalue weighted by Gasteiger charge is 2.29. The Kier molecular flexibility index (Phi) is 4.79. The molecule has 2 aliphatic heterocycles. The van der Waals surface area contributed by atoms with Crippen molar-refractivity contribution in [2.24, 2.45) is 0 Å². The van der Waals surface area contributed by atoms with Crippen LogP contribution in [0.5, 0.6) is 5.88 Å². The monoisotopic (exact) mass is 330 g/mol. The van der Waals surface area contributed by atoms with Gasteiger partial charge in [0.15, 0.2) is 0 Å². The molecule has 0 N–H and O–H groups in total. The van der Waals surface area contributed by atoms with Crippen LogP contribution in [0.15, 0.2) is 18.3 Å². The molecule has 0 spiro atoms. The van der Waals surface area contributed by atoms with E-state index in [2.05, 4.69) is 4.98 Å². The Morgan fingerprint density at radius 1 is 1.50 bits per heavy atom. The lowest BCUT2D eigenvalue weighted by Gasteiger charge is -2.33. The highest BCUT2D eigenvalue weighted by atomic mass is 16.6. The van der Waals surface area contributed by atoms with Gasteiger partial charge in [0, 0.05) is 18.8 Å². The molecule has 2 amide bonds. The summed E-state index contributed by atoms with van der Waals surface area (Å²) in [4.78, 5) is 31.0. The Balaban J connectivity index is 1.56. The van der Waals surface area contributed by atoms with E-state index in [-0.39, 0.29) is 18.6 Å². The number of ether oxygens (including phenoxy) is 2. The lowest BCUT2D eigenvalue weighted by molar-refractivity contribution is -0.134. The molecule has 0 unspecified atom stereocenters. The number of carbonyl (C=O) groups excluding carboxylic acids is 2. The van der Waals surface area contributed by atoms with Crippen LogP contribution in [0.4, 0.5) is 4.79 Å². The predicted octanol–water partition coefficient (Wildman–Crippen LogP) is 0.775. The van der Waals surface area contributed by atoms with E-state index in [9.17, 15) is 9.59 Å². The van der Waals surface area contributed by atoms with E-state index >= 15 is 0 Å². The molecule has 126 valence electrons. The first kappa shape index (κ1) is 16.1. The molecule has 1 aromatic rings. The first-order chi connectivity index (χ1) is 11.7. The number of likely N-dealkylation sites (tertiary alicyclic amines) is 1. The summed E-state index contributed by atoms with van der Waals surface area (Å²) < 4.78 is 10.6. The van der Waals surface area contributed by atoms with Gasteiger partial charge in [0.25, 0.3) is 0 Å². The minimum Gasteiger partial charge on any atom is -0.472 e. The number of carbonyl (C=O) groups is 2. The number of piperidine rings is 1. The maximum Gasteiger partial charge on any atom is 0.410 e. The number of aromatic nitrogens is 1. The Hall–Kier alpha value is -2.82. The van der Waals surface area contributed by atoms with Crippen molar-refractivity contribution >= 4 is 12.0 Å². The third kappa shape index (κ3) is 3.74. The van der Waals surface area contributed by atoms with Gasteiger partial charge in [0.2, 0.25) is 11.8 Å². The molecule has 8 nitrogen and oxygen atoms in total. The van der Waals surface area contributed by atoms with E-state index in [0.29, 0.717) is 37.7 Å². The fourth-order valence-electron chi connectivity index (χ4n) is 2.81. The summed E-state index contributed by atoms with van der Waals surface area (Å²) in [6.07, 6.45) is 2.55. The zero-order valence-corrected chi connectivity index (χ0v) is 13.2. The average Bonchev–Trinajstić information content (AvgIpc) is 3.00. The predicted molar refractivity (Wildman–Crippen MR) is 82.1 cm³/mol. The second kappa shape index (κ2) is 7.17. The summed E-state index contributed by atoms with van der Waals surface area (Å²) in [6, 6.07) is 5.24. The first-order valence-corrected chi connectivity index (χ1v) is 7.88. The van der Waals surface area contributed by atoms with Gasteiger partial charge in [-0.1, -0.05) is 0 Å². The molecule has 0 aliphatic carbocycles. The van der Waals surface area contributed by atoms with Crippen molar-refractivity contribution in [2.45, 2.75) is 18.9 Å². The number of amides is 2. The molecule has 3 rings (SSSR count). The second-order valence-corrected chi connectivity index (χ2v) is 5.75. The van der Waals surface area contributed by atoms with Crippen molar-refractivity contribution in [3.63, 3.8) is 0 Å². The van der Waals surface area contributed by atoms with E-state index in [1.165, 1.54) is 11.1 Å². The Morgan fingerprint density at radius 3 is 3.12 bits per heavy atom. The molecule has 2 aliphatic rings. The number of rotatable bonds is 4. The third-order valence-corrected chi connectivity index (χ3v) is 4.05. The summed E-state index contributed by atoms with van der Waals surface area (Å²) in [5.41, 5.74) is 0.483. The van der Waals surface area contributed by atoms with E-state index in [0.717, 1.165) is 12.8 Å². The summed E-state index contributed by atoms with van der Waals surface area (Å²) >= 11 is 0. The van der Waals surface area contributed by atoms with Gasteiger partial charge >= 0.3 is 6.09 Å². The van der Waals surface area contributed by atoms with Gasteiger partial charge in [0.1, 0.15) is 19.3 Å². The Labute approximate surface area is 139 Å². The van der Waals surface area contributed by atoms with Gasteiger partial charge < -0.3 is 14.4 Å². The van der Waals surface area contributed by atoms with Crippen LogP contribution in [0, 0.1) is 11.3 Å². The van der Waals surface area contributed by atoms with Crippen LogP contribution in [0.1, 0.15) is 18.4 Å². The van der Waals surface area contributed by atoms with Crippen molar-refractivity contribution in [3.05, 3.63) is 23.9 Å². The minimum absolute atomic E-state index is 0.0354. The van der Waals surface area contributed by atoms with Crippen molar-refractivity contribution in [2.75, 3.05) is 32.8 Å². The second-order valence-electron chi connectivity index (χ2n) is 5.75. The minimum atomic E-state index is -0.439. The number of pyridine rings is 1. The smallest absolute Gasteiger partial charge is 0.410 e. The molecule has 8 heteroatoms. The quantitative estimate of drug-likeness (QED) is 0.809. The van der Waals surface area contributed by atoms with Crippen molar-refractivity contribution in [1.82, 2.24) is 14.8 Å². The van der Waals surface area contributed by atoms with Crippen LogP contribution < -0.4 is 4.74 Å². The lowest BCUT2D eigenvalue weighted by Crippen LogP contribution is -2.48. The number of cyclic esters (lactones) is 1. The molecule has 24 heavy (non-hydrogen) atoms.